The van der Waals surface area contributed by atoms with Gasteiger partial charge in [-0.3, -0.25) is 0 Å². The molecular weight excluding hydrogens is 460 g/mol. The summed E-state index contributed by atoms with van der Waals surface area (Å²) in [6, 6.07) is 15.0. The molecule has 0 unspecified atom stereocenters. The summed E-state index contributed by atoms with van der Waals surface area (Å²) in [5, 5.41) is 6.50. The van der Waals surface area contributed by atoms with Crippen molar-refractivity contribution in [2.45, 2.75) is 57.4 Å². The first-order valence-corrected chi connectivity index (χ1v) is 13.4. The van der Waals surface area contributed by atoms with Crippen LogP contribution in [0.15, 0.2) is 59.6 Å². The van der Waals surface area contributed by atoms with Gasteiger partial charge < -0.3 is 15.5 Å². The molecule has 4 rings (SSSR count). The average molecular weight is 495 g/mol. The maximum Gasteiger partial charge on any atom is 0.241 e. The van der Waals surface area contributed by atoms with Crippen molar-refractivity contribution in [3.63, 3.8) is 0 Å². The van der Waals surface area contributed by atoms with Crippen LogP contribution in [0.25, 0.3) is 0 Å². The zero-order valence-electron chi connectivity index (χ0n) is 20.8. The van der Waals surface area contributed by atoms with Crippen LogP contribution in [-0.4, -0.2) is 37.0 Å². The van der Waals surface area contributed by atoms with Gasteiger partial charge in [0, 0.05) is 47.5 Å². The molecule has 0 atom stereocenters. The summed E-state index contributed by atoms with van der Waals surface area (Å²) in [7, 11) is -3.64. The second-order valence-electron chi connectivity index (χ2n) is 9.95. The van der Waals surface area contributed by atoms with Crippen molar-refractivity contribution in [1.82, 2.24) is 14.7 Å². The highest BCUT2D eigenvalue weighted by Gasteiger charge is 2.22. The molecule has 8 nitrogen and oxygen atoms in total. The van der Waals surface area contributed by atoms with Gasteiger partial charge in [-0.1, -0.05) is 6.07 Å². The topological polar surface area (TPSA) is 99.2 Å². The van der Waals surface area contributed by atoms with Gasteiger partial charge in [-0.15, -0.1) is 0 Å². The highest BCUT2D eigenvalue weighted by atomic mass is 32.2. The molecule has 1 saturated heterocycles. The predicted molar refractivity (Wildman–Crippen MR) is 142 cm³/mol. The molecule has 0 bridgehead atoms. The first-order valence-electron chi connectivity index (χ1n) is 12.0. The maximum atomic E-state index is 12.7. The number of sulfonamides is 1. The molecule has 0 amide bonds. The minimum absolute atomic E-state index is 0.191. The van der Waals surface area contributed by atoms with Crippen LogP contribution in [-0.2, 0) is 10.0 Å². The van der Waals surface area contributed by atoms with Crippen LogP contribution in [0.4, 0.5) is 28.8 Å². The lowest BCUT2D eigenvalue weighted by Gasteiger charge is -2.28. The van der Waals surface area contributed by atoms with Crippen LogP contribution in [0.3, 0.4) is 0 Å². The number of nitrogens with zero attached hydrogens (tertiary/aromatic N) is 3. The number of aromatic nitrogens is 2. The summed E-state index contributed by atoms with van der Waals surface area (Å²) in [5.74, 6) is 1.06. The number of hydrogen-bond acceptors (Lipinski definition) is 7. The Labute approximate surface area is 208 Å². The van der Waals surface area contributed by atoms with Crippen molar-refractivity contribution in [2.24, 2.45) is 0 Å². The molecule has 0 aliphatic carbocycles. The molecule has 1 aliphatic rings. The van der Waals surface area contributed by atoms with E-state index in [4.69, 9.17) is 0 Å². The molecule has 186 valence electrons. The highest BCUT2D eigenvalue weighted by molar-refractivity contribution is 7.89. The Kier molecular flexibility index (Phi) is 7.28. The Balaban J connectivity index is 1.48. The molecule has 2 heterocycles. The molecule has 35 heavy (non-hydrogen) atoms. The Hall–Kier alpha value is -3.17. The van der Waals surface area contributed by atoms with Gasteiger partial charge in [-0.05, 0) is 89.4 Å². The lowest BCUT2D eigenvalue weighted by molar-refractivity contribution is 0.491. The zero-order chi connectivity index (χ0) is 25.1. The summed E-state index contributed by atoms with van der Waals surface area (Å²) in [4.78, 5) is 11.6. The van der Waals surface area contributed by atoms with Crippen LogP contribution < -0.4 is 20.3 Å². The summed E-state index contributed by atoms with van der Waals surface area (Å²) < 4.78 is 28.1. The van der Waals surface area contributed by atoms with Crippen LogP contribution in [0, 0.1) is 6.92 Å². The molecule has 0 saturated carbocycles. The lowest BCUT2D eigenvalue weighted by atomic mass is 10.1. The van der Waals surface area contributed by atoms with E-state index in [1.807, 2.05) is 45.9 Å². The molecule has 0 spiro atoms. The number of benzene rings is 2. The summed E-state index contributed by atoms with van der Waals surface area (Å²) in [6.45, 7) is 9.56. The number of aryl methyl sites for hydroxylation is 1. The molecule has 3 N–H and O–H groups in total. The fourth-order valence-electron chi connectivity index (χ4n) is 4.01. The number of hydrogen-bond donors (Lipinski definition) is 3. The van der Waals surface area contributed by atoms with Crippen molar-refractivity contribution >= 4 is 38.9 Å². The molecule has 9 heteroatoms. The van der Waals surface area contributed by atoms with Gasteiger partial charge in [0.1, 0.15) is 5.82 Å². The zero-order valence-corrected chi connectivity index (χ0v) is 21.6. The van der Waals surface area contributed by atoms with Crippen LogP contribution in [0.1, 0.15) is 45.6 Å². The first kappa shape index (κ1) is 24.9. The third kappa shape index (κ3) is 6.70. The fourth-order valence-corrected chi connectivity index (χ4v) is 5.47. The van der Waals surface area contributed by atoms with E-state index >= 15 is 0 Å². The average Bonchev–Trinajstić information content (AvgIpc) is 2.81. The third-order valence-corrected chi connectivity index (χ3v) is 7.42. The number of rotatable bonds is 7. The third-order valence-electron chi connectivity index (χ3n) is 5.66. The van der Waals surface area contributed by atoms with Gasteiger partial charge in [-0.2, -0.15) is 4.98 Å². The first-order chi connectivity index (χ1) is 16.6. The number of anilines is 5. The number of nitrogens with one attached hydrogen (secondary N) is 3. The van der Waals surface area contributed by atoms with Crippen molar-refractivity contribution in [3.8, 4) is 0 Å². The molecule has 0 radical (unpaired) electrons. The maximum absolute atomic E-state index is 12.7. The smallest absolute Gasteiger partial charge is 0.241 e. The van der Waals surface area contributed by atoms with Gasteiger partial charge >= 0.3 is 0 Å². The van der Waals surface area contributed by atoms with Crippen LogP contribution >= 0.6 is 0 Å². The second kappa shape index (κ2) is 10.2. The standard InChI is InChI=1S/C26H34N6O2S/c1-19-18-27-25(29-20-11-13-22(14-12-20)32-15-6-5-7-16-32)30-24(19)28-21-9-8-10-23(17-21)35(33,34)31-26(2,3)4/h8-14,17-18,31H,5-7,15-16H2,1-4H3,(H2,27,28,29,30). The quantitative estimate of drug-likeness (QED) is 0.408. The van der Waals surface area contributed by atoms with E-state index in [1.54, 1.807) is 24.4 Å². The van der Waals surface area contributed by atoms with E-state index in [9.17, 15) is 8.42 Å². The minimum atomic E-state index is -3.64. The summed E-state index contributed by atoms with van der Waals surface area (Å²) in [5.41, 5.74) is 3.04. The molecule has 2 aromatic carbocycles. The molecule has 1 aromatic heterocycles. The fraction of sp³-hybridized carbons (Fsp3) is 0.385. The van der Waals surface area contributed by atoms with Crippen molar-refractivity contribution in [1.29, 1.82) is 0 Å². The van der Waals surface area contributed by atoms with Gasteiger partial charge in [-0.25, -0.2) is 18.1 Å². The highest BCUT2D eigenvalue weighted by Crippen LogP contribution is 2.25. The number of piperidine rings is 1. The lowest BCUT2D eigenvalue weighted by Crippen LogP contribution is -2.40. The largest absolute Gasteiger partial charge is 0.372 e. The van der Waals surface area contributed by atoms with Crippen LogP contribution in [0.5, 0.6) is 0 Å². The van der Waals surface area contributed by atoms with Crippen molar-refractivity contribution in [2.75, 3.05) is 28.6 Å². The predicted octanol–water partition coefficient (Wildman–Crippen LogP) is 5.34. The van der Waals surface area contributed by atoms with Crippen LogP contribution in [0.2, 0.25) is 0 Å². The van der Waals surface area contributed by atoms with E-state index in [-0.39, 0.29) is 4.90 Å². The Morgan fingerprint density at radius 3 is 2.31 bits per heavy atom. The van der Waals surface area contributed by atoms with Crippen molar-refractivity contribution < 1.29 is 8.42 Å². The Bertz CT molecular complexity index is 1260. The van der Waals surface area contributed by atoms with Gasteiger partial charge in [0.05, 0.1) is 4.90 Å². The monoisotopic (exact) mass is 494 g/mol. The van der Waals surface area contributed by atoms with E-state index in [0.29, 0.717) is 17.5 Å². The second-order valence-corrected chi connectivity index (χ2v) is 11.6. The van der Waals surface area contributed by atoms with E-state index in [0.717, 1.165) is 24.3 Å². The summed E-state index contributed by atoms with van der Waals surface area (Å²) in [6.07, 6.45) is 5.54. The Morgan fingerprint density at radius 1 is 0.914 bits per heavy atom. The normalized spacial score (nSPS) is 14.6. The minimum Gasteiger partial charge on any atom is -0.372 e. The molecular formula is C26H34N6O2S. The Morgan fingerprint density at radius 2 is 1.63 bits per heavy atom. The van der Waals surface area contributed by atoms with Gasteiger partial charge in [0.25, 0.3) is 0 Å². The van der Waals surface area contributed by atoms with E-state index in [2.05, 4.69) is 42.4 Å². The van der Waals surface area contributed by atoms with Gasteiger partial charge in [0.2, 0.25) is 16.0 Å². The van der Waals surface area contributed by atoms with E-state index in [1.165, 1.54) is 24.9 Å². The van der Waals surface area contributed by atoms with E-state index < -0.39 is 15.6 Å². The van der Waals surface area contributed by atoms with Crippen molar-refractivity contribution in [3.05, 3.63) is 60.3 Å². The molecule has 3 aromatic rings. The molecule has 1 aliphatic heterocycles. The molecule has 1 fully saturated rings. The summed E-state index contributed by atoms with van der Waals surface area (Å²) >= 11 is 0. The van der Waals surface area contributed by atoms with Gasteiger partial charge in [0.15, 0.2) is 0 Å². The SMILES string of the molecule is Cc1cnc(Nc2ccc(N3CCCCC3)cc2)nc1Nc1cccc(S(=O)(=O)NC(C)(C)C)c1.